The molecule has 0 spiro atoms. The molecule has 0 saturated carbocycles. The van der Waals surface area contributed by atoms with Gasteiger partial charge in [-0.1, -0.05) is 50.1 Å². The number of benzene rings is 3. The van der Waals surface area contributed by atoms with E-state index in [2.05, 4.69) is 25.0 Å². The number of nitrogens with one attached hydrogen (secondary N) is 1. The Balaban J connectivity index is 0.000000306. The van der Waals surface area contributed by atoms with Crippen LogP contribution in [0.5, 0.6) is 5.75 Å². The number of esters is 1. The van der Waals surface area contributed by atoms with Crippen molar-refractivity contribution in [1.29, 1.82) is 0 Å². The summed E-state index contributed by atoms with van der Waals surface area (Å²) in [6.45, 7) is 9.67. The second kappa shape index (κ2) is 20.6. The van der Waals surface area contributed by atoms with E-state index in [1.807, 2.05) is 26.0 Å². The standard InChI is InChI=1S/C19H25FN4O2S.C9H8O2.C8H7F3O/c1-5-7-10-22-18(21-4)14-8-9-17(16(20)11-14)24-19(26)23-13(3)27-12-15(25)6-2;1-6-3-2-4-7-8(6)5-11-9(7)10;1-6-2-4-7(5-3-6)12-8(9,10)11/h8-11H,5-7,12H2,1-4H3,(H,24,26);2-4H,5H2,1H3;2-5H,1H3/b21-18?,22-10?,23-13-;;. The minimum Gasteiger partial charge on any atom is -0.457 e. The van der Waals surface area contributed by atoms with Crippen LogP contribution in [0.4, 0.5) is 28.0 Å². The predicted octanol–water partition coefficient (Wildman–Crippen LogP) is 9.29. The van der Waals surface area contributed by atoms with Crippen LogP contribution in [-0.4, -0.2) is 54.0 Å². The lowest BCUT2D eigenvalue weighted by molar-refractivity contribution is -0.274. The SMILES string of the molecule is CCCC=NC(=NC)c1ccc(NC(=O)/N=C(/C)SCC(=O)CC)c(F)c1.Cc1ccc(OC(F)(F)F)cc1.Cc1cccc2c1COC2=O. The molecule has 9 nitrogen and oxygen atoms in total. The number of cyclic esters (lactones) is 1. The molecule has 0 unspecified atom stereocenters. The lowest BCUT2D eigenvalue weighted by atomic mass is 10.1. The van der Waals surface area contributed by atoms with E-state index < -0.39 is 18.2 Å². The number of fused-ring (bicyclic) bond motifs is 1. The third-order valence-electron chi connectivity index (χ3n) is 6.64. The molecule has 0 radical (unpaired) electrons. The number of aryl methyl sites for hydroxylation is 2. The number of carbonyl (C=O) groups is 3. The summed E-state index contributed by atoms with van der Waals surface area (Å²) in [5, 5.41) is 2.84. The smallest absolute Gasteiger partial charge is 0.457 e. The molecule has 0 saturated heterocycles. The lowest BCUT2D eigenvalue weighted by Gasteiger charge is -2.08. The molecule has 0 atom stereocenters. The first-order chi connectivity index (χ1) is 23.7. The Labute approximate surface area is 293 Å². The van der Waals surface area contributed by atoms with Crippen molar-refractivity contribution in [2.24, 2.45) is 15.0 Å². The summed E-state index contributed by atoms with van der Waals surface area (Å²) in [6.07, 6.45) is -0.640. The van der Waals surface area contributed by atoms with E-state index in [1.54, 1.807) is 58.3 Å². The Bertz CT molecular complexity index is 1710. The Morgan fingerprint density at radius 1 is 1.06 bits per heavy atom. The first-order valence-corrected chi connectivity index (χ1v) is 16.5. The van der Waals surface area contributed by atoms with Crippen LogP contribution in [0.15, 0.2) is 75.6 Å². The molecule has 1 heterocycles. The fourth-order valence-electron chi connectivity index (χ4n) is 3.94. The Hall–Kier alpha value is -4.85. The summed E-state index contributed by atoms with van der Waals surface area (Å²) >= 11 is 1.19. The summed E-state index contributed by atoms with van der Waals surface area (Å²) < 4.78 is 57.7. The molecule has 1 aliphatic rings. The molecule has 3 aromatic rings. The van der Waals surface area contributed by atoms with Gasteiger partial charge in [0.15, 0.2) is 5.84 Å². The van der Waals surface area contributed by atoms with Crippen molar-refractivity contribution >= 4 is 52.3 Å². The number of hydrogen-bond donors (Lipinski definition) is 1. The zero-order chi connectivity index (χ0) is 37.3. The third-order valence-corrected chi connectivity index (χ3v) is 7.62. The van der Waals surface area contributed by atoms with Gasteiger partial charge in [-0.15, -0.1) is 24.9 Å². The highest BCUT2D eigenvalue weighted by atomic mass is 32.2. The molecule has 14 heteroatoms. The van der Waals surface area contributed by atoms with Gasteiger partial charge in [-0.3, -0.25) is 9.79 Å². The number of unbranched alkanes of at least 4 members (excludes halogenated alkanes) is 1. The van der Waals surface area contributed by atoms with E-state index >= 15 is 0 Å². The molecule has 0 bridgehead atoms. The van der Waals surface area contributed by atoms with Gasteiger partial charge in [0.05, 0.1) is 22.0 Å². The fourth-order valence-corrected chi connectivity index (χ4v) is 4.66. The largest absolute Gasteiger partial charge is 0.573 e. The van der Waals surface area contributed by atoms with Crippen molar-refractivity contribution in [3.63, 3.8) is 0 Å². The number of ether oxygens (including phenoxy) is 2. The van der Waals surface area contributed by atoms with Gasteiger partial charge in [0.1, 0.15) is 24.0 Å². The number of thioether (sulfide) groups is 1. The second-order valence-electron chi connectivity index (χ2n) is 10.6. The van der Waals surface area contributed by atoms with E-state index in [0.717, 1.165) is 35.1 Å². The fraction of sp³-hybridized carbons (Fsp3) is 0.333. The van der Waals surface area contributed by atoms with Crippen LogP contribution in [-0.2, 0) is 16.1 Å². The zero-order valence-electron chi connectivity index (χ0n) is 28.7. The normalized spacial score (nSPS) is 12.6. The number of carbonyl (C=O) groups excluding carboxylic acids is 3. The average molecular weight is 717 g/mol. The number of rotatable bonds is 8. The van der Waals surface area contributed by atoms with Crippen LogP contribution >= 0.6 is 11.8 Å². The van der Waals surface area contributed by atoms with E-state index in [0.29, 0.717) is 29.5 Å². The van der Waals surface area contributed by atoms with Crippen LogP contribution in [0.3, 0.4) is 0 Å². The van der Waals surface area contributed by atoms with Crippen molar-refractivity contribution in [3.8, 4) is 5.75 Å². The molecule has 1 N–H and O–H groups in total. The molecule has 4 rings (SSSR count). The van der Waals surface area contributed by atoms with Crippen LogP contribution in [0.2, 0.25) is 0 Å². The first kappa shape index (κ1) is 41.3. The summed E-state index contributed by atoms with van der Waals surface area (Å²) in [5.74, 6) is -0.219. The summed E-state index contributed by atoms with van der Waals surface area (Å²) in [4.78, 5) is 46.3. The number of aliphatic imine (C=N–C) groups is 3. The maximum atomic E-state index is 14.3. The zero-order valence-corrected chi connectivity index (χ0v) is 29.5. The van der Waals surface area contributed by atoms with E-state index in [4.69, 9.17) is 4.74 Å². The summed E-state index contributed by atoms with van der Waals surface area (Å²) in [5.41, 5.74) is 4.33. The minimum atomic E-state index is -4.60. The number of ketones is 1. The van der Waals surface area contributed by atoms with E-state index in [-0.39, 0.29) is 28.9 Å². The number of anilines is 1. The number of hydrogen-bond acceptors (Lipinski definition) is 7. The third kappa shape index (κ3) is 14.7. The van der Waals surface area contributed by atoms with Gasteiger partial charge >= 0.3 is 18.4 Å². The van der Waals surface area contributed by atoms with Gasteiger partial charge in [0.2, 0.25) is 0 Å². The van der Waals surface area contributed by atoms with Crippen LogP contribution < -0.4 is 10.1 Å². The van der Waals surface area contributed by atoms with Crippen molar-refractivity contribution in [3.05, 3.63) is 94.3 Å². The van der Waals surface area contributed by atoms with Crippen molar-refractivity contribution in [2.75, 3.05) is 18.1 Å². The molecule has 3 aromatic carbocycles. The first-order valence-electron chi connectivity index (χ1n) is 15.5. The highest BCUT2D eigenvalue weighted by molar-refractivity contribution is 8.14. The molecular formula is C36H40F4N4O5S. The molecule has 0 fully saturated rings. The Kier molecular flexibility index (Phi) is 17.0. The topological polar surface area (TPSA) is 119 Å². The maximum absolute atomic E-state index is 14.3. The highest BCUT2D eigenvalue weighted by Gasteiger charge is 2.30. The number of Topliss-reactive ketones (excluding diaryl/α,β-unsaturated/α-hetero) is 1. The van der Waals surface area contributed by atoms with Gasteiger partial charge in [0.25, 0.3) is 0 Å². The van der Waals surface area contributed by atoms with Gasteiger partial charge in [-0.25, -0.2) is 19.0 Å². The number of urea groups is 1. The minimum absolute atomic E-state index is 0.0166. The highest BCUT2D eigenvalue weighted by Crippen LogP contribution is 2.23. The molecular weight excluding hydrogens is 676 g/mol. The van der Waals surface area contributed by atoms with Crippen molar-refractivity contribution in [1.82, 2.24) is 0 Å². The molecule has 0 aliphatic carbocycles. The van der Waals surface area contributed by atoms with Gasteiger partial charge in [-0.05, 0) is 69.2 Å². The van der Waals surface area contributed by atoms with E-state index in [1.165, 1.54) is 36.0 Å². The van der Waals surface area contributed by atoms with Crippen molar-refractivity contribution in [2.45, 2.75) is 66.9 Å². The van der Waals surface area contributed by atoms with Crippen molar-refractivity contribution < 1.29 is 41.4 Å². The number of nitrogens with zero attached hydrogens (tertiary/aromatic N) is 3. The molecule has 0 aromatic heterocycles. The molecule has 1 aliphatic heterocycles. The molecule has 50 heavy (non-hydrogen) atoms. The van der Waals surface area contributed by atoms with Crippen LogP contribution in [0.25, 0.3) is 0 Å². The quantitative estimate of drug-likeness (QED) is 0.107. The lowest BCUT2D eigenvalue weighted by Crippen LogP contribution is -2.16. The number of amidine groups is 1. The Morgan fingerprint density at radius 2 is 1.76 bits per heavy atom. The molecule has 268 valence electrons. The predicted molar refractivity (Wildman–Crippen MR) is 190 cm³/mol. The second-order valence-corrected chi connectivity index (χ2v) is 11.8. The monoisotopic (exact) mass is 716 g/mol. The van der Waals surface area contributed by atoms with Gasteiger partial charge < -0.3 is 14.8 Å². The van der Waals surface area contributed by atoms with Crippen LogP contribution in [0, 0.1) is 19.7 Å². The number of amides is 2. The van der Waals surface area contributed by atoms with Gasteiger partial charge in [0, 0.05) is 30.8 Å². The Morgan fingerprint density at radius 3 is 2.34 bits per heavy atom. The maximum Gasteiger partial charge on any atom is 0.573 e. The summed E-state index contributed by atoms with van der Waals surface area (Å²) in [7, 11) is 1.59. The average Bonchev–Trinajstić information content (AvgIpc) is 3.45. The van der Waals surface area contributed by atoms with Crippen LogP contribution in [0.1, 0.15) is 72.6 Å². The van der Waals surface area contributed by atoms with Gasteiger partial charge in [-0.2, -0.15) is 4.99 Å². The number of halogens is 4. The van der Waals surface area contributed by atoms with E-state index in [9.17, 15) is 31.9 Å². The number of alkyl halides is 3. The molecule has 2 amide bonds. The summed E-state index contributed by atoms with van der Waals surface area (Å²) in [6, 6.07) is 15.0.